The number of ether oxygens (including phenoxy) is 2. The van der Waals surface area contributed by atoms with Crippen molar-refractivity contribution in [1.29, 1.82) is 0 Å². The van der Waals surface area contributed by atoms with Crippen LogP contribution in [0.3, 0.4) is 0 Å². The minimum Gasteiger partial charge on any atom is -0.432 e. The second-order valence-corrected chi connectivity index (χ2v) is 3.15. The molecule has 0 aromatic heterocycles. The number of nitrogens with one attached hydrogen (secondary N) is 1. The number of hydrogen-bond donors (Lipinski definition) is 3. The van der Waals surface area contributed by atoms with Crippen LogP contribution in [0.5, 0.6) is 0 Å². The average molecular weight is 252 g/mol. The van der Waals surface area contributed by atoms with Gasteiger partial charge < -0.3 is 9.47 Å². The second kappa shape index (κ2) is 13.1. The van der Waals surface area contributed by atoms with Crippen LogP contribution in [0.2, 0.25) is 0 Å². The van der Waals surface area contributed by atoms with Gasteiger partial charge in [-0.05, 0) is 13.8 Å². The Morgan fingerprint density at radius 1 is 1.35 bits per heavy atom. The van der Waals surface area contributed by atoms with Crippen molar-refractivity contribution in [2.24, 2.45) is 11.7 Å². The Morgan fingerprint density at radius 3 is 2.12 bits per heavy atom. The quantitative estimate of drug-likeness (QED) is 0.264. The van der Waals surface area contributed by atoms with Crippen molar-refractivity contribution in [3.8, 4) is 0 Å². The predicted octanol–water partition coefficient (Wildman–Crippen LogP) is 0.102. The van der Waals surface area contributed by atoms with Crippen LogP contribution in [0.25, 0.3) is 0 Å². The normalized spacial score (nSPS) is 9.88. The molecule has 0 aromatic carbocycles. The summed E-state index contributed by atoms with van der Waals surface area (Å²) in [5.41, 5.74) is 2.53. The Morgan fingerprint density at radius 2 is 1.88 bits per heavy atom. The topological polar surface area (TPSA) is 112 Å². The fourth-order valence-corrected chi connectivity index (χ4v) is 0.715. The van der Waals surface area contributed by atoms with Gasteiger partial charge in [0.2, 0.25) is 6.79 Å². The highest BCUT2D eigenvalue weighted by atomic mass is 16.8. The smallest absolute Gasteiger partial charge is 0.432 e. The summed E-state index contributed by atoms with van der Waals surface area (Å²) in [5, 5.41) is 1.90. The van der Waals surface area contributed by atoms with Gasteiger partial charge in [0, 0.05) is 13.1 Å². The van der Waals surface area contributed by atoms with E-state index in [9.17, 15) is 4.79 Å². The minimum atomic E-state index is -0.777. The van der Waals surface area contributed by atoms with Crippen molar-refractivity contribution in [2.45, 2.75) is 33.8 Å². The first-order valence-corrected chi connectivity index (χ1v) is 5.37. The Hall–Kier alpha value is -0.930. The Bertz CT molecular complexity index is 171. The van der Waals surface area contributed by atoms with E-state index in [2.05, 4.69) is 25.7 Å². The zero-order chi connectivity index (χ0) is 13.7. The summed E-state index contributed by atoms with van der Waals surface area (Å²) in [6.07, 6.45) is -0.967. The van der Waals surface area contributed by atoms with E-state index >= 15 is 0 Å². The van der Waals surface area contributed by atoms with Crippen LogP contribution in [-0.4, -0.2) is 37.2 Å². The van der Waals surface area contributed by atoms with Gasteiger partial charge in [-0.3, -0.25) is 10.7 Å². The van der Waals surface area contributed by atoms with Crippen molar-refractivity contribution in [1.82, 2.24) is 10.5 Å². The van der Waals surface area contributed by atoms with Crippen molar-refractivity contribution < 1.29 is 19.1 Å². The molecule has 8 heteroatoms. The number of hydrazine groups is 2. The minimum absolute atomic E-state index is 0.190. The molecule has 0 aliphatic carbocycles. The molecule has 0 unspecified atom stereocenters. The first-order chi connectivity index (χ1) is 8.01. The van der Waals surface area contributed by atoms with Crippen molar-refractivity contribution in [3.63, 3.8) is 0 Å². The van der Waals surface area contributed by atoms with E-state index in [1.165, 1.54) is 0 Å². The van der Waals surface area contributed by atoms with Gasteiger partial charge in [-0.25, -0.2) is 15.7 Å². The van der Waals surface area contributed by atoms with E-state index < -0.39 is 6.16 Å². The van der Waals surface area contributed by atoms with Crippen LogP contribution in [0.1, 0.15) is 27.7 Å². The van der Waals surface area contributed by atoms with E-state index in [1.807, 2.05) is 18.9 Å². The highest BCUT2D eigenvalue weighted by Crippen LogP contribution is 1.91. The molecule has 0 aromatic rings. The first kappa shape index (κ1) is 18.4. The average Bonchev–Trinajstić information content (AvgIpc) is 2.29. The Balaban J connectivity index is 0. The molecular weight excluding hydrogens is 228 g/mol. The van der Waals surface area contributed by atoms with Gasteiger partial charge in [0.15, 0.2) is 0 Å². The summed E-state index contributed by atoms with van der Waals surface area (Å²) in [7, 11) is 0. The van der Waals surface area contributed by atoms with Gasteiger partial charge in [-0.2, -0.15) is 5.53 Å². The van der Waals surface area contributed by atoms with E-state index in [-0.39, 0.29) is 12.9 Å². The molecular formula is C9H24N4O4. The molecule has 0 atom stereocenters. The van der Waals surface area contributed by atoms with Crippen molar-refractivity contribution in [2.75, 3.05) is 19.9 Å². The van der Waals surface area contributed by atoms with Gasteiger partial charge in [0.1, 0.15) is 0 Å². The van der Waals surface area contributed by atoms with Crippen molar-refractivity contribution in [3.05, 3.63) is 0 Å². The second-order valence-electron chi connectivity index (χ2n) is 3.15. The fourth-order valence-electron chi connectivity index (χ4n) is 0.715. The molecule has 0 bridgehead atoms. The third-order valence-corrected chi connectivity index (χ3v) is 1.52. The molecule has 0 spiro atoms. The van der Waals surface area contributed by atoms with Gasteiger partial charge in [-0.1, -0.05) is 13.8 Å². The predicted molar refractivity (Wildman–Crippen MR) is 63.1 cm³/mol. The Labute approximate surface area is 102 Å². The van der Waals surface area contributed by atoms with E-state index in [0.717, 1.165) is 13.1 Å². The van der Waals surface area contributed by atoms with E-state index in [0.29, 0.717) is 0 Å². The highest BCUT2D eigenvalue weighted by molar-refractivity contribution is 5.59. The zero-order valence-corrected chi connectivity index (χ0v) is 10.9. The molecule has 0 saturated heterocycles. The summed E-state index contributed by atoms with van der Waals surface area (Å²) >= 11 is 0. The number of nitrogens with two attached hydrogens (primary N) is 2. The molecule has 17 heavy (non-hydrogen) atoms. The van der Waals surface area contributed by atoms with Gasteiger partial charge in [0.25, 0.3) is 0 Å². The fraction of sp³-hybridized carbons (Fsp3) is 0.889. The Kier molecular flexibility index (Phi) is 14.2. The lowest BCUT2D eigenvalue weighted by atomic mass is 10.5. The number of carbonyl (C=O) groups excluding carboxylic acids is 1. The largest absolute Gasteiger partial charge is 0.510 e. The lowest BCUT2D eigenvalue weighted by Gasteiger charge is -2.14. The molecule has 0 fully saturated rings. The third kappa shape index (κ3) is 15.1. The first-order valence-electron chi connectivity index (χ1n) is 5.37. The summed E-state index contributed by atoms with van der Waals surface area (Å²) in [6, 6.07) is 0. The number of carbonyl (C=O) groups is 1. The summed E-state index contributed by atoms with van der Waals surface area (Å²) in [5.74, 6) is 9.64. The lowest BCUT2D eigenvalue weighted by molar-refractivity contribution is -0.0529. The van der Waals surface area contributed by atoms with Crippen LogP contribution in [0, 0.1) is 0 Å². The highest BCUT2D eigenvalue weighted by Gasteiger charge is 2.04. The molecule has 5 N–H and O–H groups in total. The van der Waals surface area contributed by atoms with Crippen LogP contribution in [0.4, 0.5) is 4.79 Å². The van der Waals surface area contributed by atoms with E-state index in [4.69, 9.17) is 5.84 Å². The number of hydrogen-bond acceptors (Lipinski definition) is 8. The third-order valence-electron chi connectivity index (χ3n) is 1.52. The van der Waals surface area contributed by atoms with Crippen LogP contribution >= 0.6 is 0 Å². The number of nitrogens with zero attached hydrogens (tertiary/aromatic N) is 1. The molecule has 0 rings (SSSR count). The maximum atomic E-state index is 10.4. The summed E-state index contributed by atoms with van der Waals surface area (Å²) in [4.78, 5) is 14.4. The molecule has 0 heterocycles. The molecule has 0 aliphatic rings. The molecule has 0 amide bonds. The molecule has 8 nitrogen and oxygen atoms in total. The monoisotopic (exact) mass is 252 g/mol. The maximum Gasteiger partial charge on any atom is 0.510 e. The molecule has 0 saturated carbocycles. The zero-order valence-electron chi connectivity index (χ0n) is 10.9. The maximum absolute atomic E-state index is 10.4. The van der Waals surface area contributed by atoms with Gasteiger partial charge >= 0.3 is 6.16 Å². The SMILES string of the molecule is CC(C)OC(=O)OCON.CCN(CC)NN. The van der Waals surface area contributed by atoms with E-state index in [1.54, 1.807) is 13.8 Å². The summed E-state index contributed by atoms with van der Waals surface area (Å²) < 4.78 is 8.85. The summed E-state index contributed by atoms with van der Waals surface area (Å²) in [6.45, 7) is 9.13. The molecule has 0 radical (unpaired) electrons. The van der Waals surface area contributed by atoms with Crippen LogP contribution in [0.15, 0.2) is 0 Å². The molecule has 0 aliphatic heterocycles. The van der Waals surface area contributed by atoms with Crippen LogP contribution in [-0.2, 0) is 14.3 Å². The van der Waals surface area contributed by atoms with Gasteiger partial charge in [0.05, 0.1) is 6.10 Å². The lowest BCUT2D eigenvalue weighted by Crippen LogP contribution is -2.42. The van der Waals surface area contributed by atoms with Gasteiger partial charge in [-0.15, -0.1) is 0 Å². The standard InChI is InChI=1S/C5H11NO4.C4H13N3/c1-4(2)10-5(7)8-3-9-6;1-3-7(4-2)6-5/h4H,3,6H2,1-2H3;6H,3-5H2,1-2H3. The van der Waals surface area contributed by atoms with Crippen LogP contribution < -0.4 is 17.3 Å². The molecule has 104 valence electrons. The van der Waals surface area contributed by atoms with Crippen molar-refractivity contribution >= 4 is 6.16 Å². The number of rotatable bonds is 6.